The number of amides is 1. The average molecular weight is 364 g/mol. The summed E-state index contributed by atoms with van der Waals surface area (Å²) in [5, 5.41) is 0.0674. The Hall–Kier alpha value is -2.20. The van der Waals surface area contributed by atoms with Crippen LogP contribution in [-0.2, 0) is 0 Å². The van der Waals surface area contributed by atoms with Crippen molar-refractivity contribution in [2.45, 2.75) is 10.4 Å². The molecule has 6 nitrogen and oxygen atoms in total. The topological polar surface area (TPSA) is 92.9 Å². The van der Waals surface area contributed by atoms with Crippen molar-refractivity contribution < 1.29 is 18.0 Å². The van der Waals surface area contributed by atoms with E-state index in [9.17, 15) is 18.0 Å². The number of aromatic nitrogens is 2. The van der Waals surface area contributed by atoms with Gasteiger partial charge in [0.05, 0.1) is 0 Å². The number of carbonyl (C=O) groups excluding carboxylic acids is 1. The monoisotopic (exact) mass is 363 g/mol. The minimum Gasteiger partial charge on any atom is -0.368 e. The van der Waals surface area contributed by atoms with Crippen molar-refractivity contribution in [1.29, 1.82) is 0 Å². The molecule has 122 valence electrons. The number of benzene rings is 1. The second-order valence-corrected chi connectivity index (χ2v) is 5.61. The number of hydrogen-bond acceptors (Lipinski definition) is 6. The highest BCUT2D eigenvalue weighted by Crippen LogP contribution is 2.36. The van der Waals surface area contributed by atoms with Gasteiger partial charge in [-0.05, 0) is 30.0 Å². The quantitative estimate of drug-likeness (QED) is 0.439. The second-order valence-electron chi connectivity index (χ2n) is 4.09. The first kappa shape index (κ1) is 17.2. The maximum Gasteiger partial charge on any atom is 0.446 e. The van der Waals surface area contributed by atoms with E-state index in [0.717, 1.165) is 6.07 Å². The lowest BCUT2D eigenvalue weighted by Gasteiger charge is -2.10. The lowest BCUT2D eigenvalue weighted by atomic mass is 10.2. The molecule has 0 unspecified atom stereocenters. The first-order chi connectivity index (χ1) is 10.7. The minimum atomic E-state index is -4.43. The molecule has 1 heterocycles. The average Bonchev–Trinajstić information content (AvgIpc) is 2.42. The summed E-state index contributed by atoms with van der Waals surface area (Å²) in [6.45, 7) is 0. The summed E-state index contributed by atoms with van der Waals surface area (Å²) in [5.74, 6) is -0.613. The van der Waals surface area contributed by atoms with E-state index in [-0.39, 0.29) is 39.1 Å². The Balaban J connectivity index is 2.04. The van der Waals surface area contributed by atoms with E-state index in [2.05, 4.69) is 20.8 Å². The van der Waals surface area contributed by atoms with Crippen LogP contribution in [-0.4, -0.2) is 21.4 Å². The van der Waals surface area contributed by atoms with Crippen LogP contribution in [0.15, 0.2) is 35.2 Å². The fourth-order valence-electron chi connectivity index (χ4n) is 1.53. The molecule has 0 aliphatic heterocycles. The Morgan fingerprint density at radius 3 is 2.65 bits per heavy atom. The van der Waals surface area contributed by atoms with Crippen LogP contribution in [0.1, 0.15) is 10.4 Å². The van der Waals surface area contributed by atoms with Crippen molar-refractivity contribution >= 4 is 41.0 Å². The van der Waals surface area contributed by atoms with E-state index >= 15 is 0 Å². The summed E-state index contributed by atoms with van der Waals surface area (Å²) in [6, 6.07) is 6.42. The molecule has 1 aromatic carbocycles. The van der Waals surface area contributed by atoms with Gasteiger partial charge in [0.15, 0.2) is 5.82 Å². The number of rotatable bonds is 4. The summed E-state index contributed by atoms with van der Waals surface area (Å²) in [7, 11) is 0. The van der Waals surface area contributed by atoms with E-state index < -0.39 is 11.4 Å². The Morgan fingerprint density at radius 1 is 1.26 bits per heavy atom. The number of hydrogen-bond donors (Lipinski definition) is 3. The summed E-state index contributed by atoms with van der Waals surface area (Å²) in [5.41, 5.74) is 5.72. The molecule has 0 saturated carbocycles. The normalized spacial score (nSPS) is 11.1. The predicted molar refractivity (Wildman–Crippen MR) is 80.9 cm³/mol. The molecule has 0 bridgehead atoms. The summed E-state index contributed by atoms with van der Waals surface area (Å²) in [4.78, 5) is 19.2. The molecule has 0 atom stereocenters. The first-order valence-electron chi connectivity index (χ1n) is 5.95. The number of halogens is 4. The van der Waals surface area contributed by atoms with Crippen molar-refractivity contribution in [3.05, 3.63) is 41.0 Å². The second kappa shape index (κ2) is 6.92. The number of nitrogens with zero attached hydrogens (tertiary/aromatic N) is 2. The third-order valence-electron chi connectivity index (χ3n) is 2.35. The first-order valence-corrected chi connectivity index (χ1v) is 7.14. The van der Waals surface area contributed by atoms with Crippen LogP contribution >= 0.6 is 23.4 Å². The van der Waals surface area contributed by atoms with Gasteiger partial charge < -0.3 is 5.73 Å². The molecule has 4 N–H and O–H groups in total. The molecular weight excluding hydrogens is 355 g/mol. The number of hydrazine groups is 1. The lowest BCUT2D eigenvalue weighted by Crippen LogP contribution is -2.30. The number of carbonyl (C=O) groups is 1. The predicted octanol–water partition coefficient (Wildman–Crippen LogP) is 3.08. The van der Waals surface area contributed by atoms with Gasteiger partial charge in [0.1, 0.15) is 5.15 Å². The summed E-state index contributed by atoms with van der Waals surface area (Å²) >= 11 is 5.37. The molecule has 2 rings (SSSR count). The third-order valence-corrected chi connectivity index (χ3v) is 3.26. The van der Waals surface area contributed by atoms with E-state index in [0.29, 0.717) is 0 Å². The van der Waals surface area contributed by atoms with E-state index in [4.69, 9.17) is 17.3 Å². The Bertz CT molecular complexity index is 708. The molecule has 2 aromatic rings. The highest BCUT2D eigenvalue weighted by atomic mass is 35.5. The molecule has 0 fully saturated rings. The van der Waals surface area contributed by atoms with Crippen molar-refractivity contribution in [1.82, 2.24) is 15.4 Å². The van der Waals surface area contributed by atoms with Crippen molar-refractivity contribution in [2.75, 3.05) is 11.2 Å². The van der Waals surface area contributed by atoms with Crippen LogP contribution < -0.4 is 16.6 Å². The van der Waals surface area contributed by atoms with Gasteiger partial charge in [-0.3, -0.25) is 15.6 Å². The Morgan fingerprint density at radius 2 is 2.00 bits per heavy atom. The SMILES string of the molecule is Nc1nc(Cl)cc(NNC(=O)c2cccc(SC(F)(F)F)c2)n1. The zero-order chi connectivity index (χ0) is 17.0. The van der Waals surface area contributed by atoms with Gasteiger partial charge in [0.2, 0.25) is 5.95 Å². The van der Waals surface area contributed by atoms with Gasteiger partial charge in [-0.15, -0.1) is 0 Å². The number of alkyl halides is 3. The summed E-state index contributed by atoms with van der Waals surface area (Å²) in [6.07, 6.45) is 0. The number of nitrogens with one attached hydrogen (secondary N) is 2. The lowest BCUT2D eigenvalue weighted by molar-refractivity contribution is -0.0328. The van der Waals surface area contributed by atoms with Crippen molar-refractivity contribution in [3.63, 3.8) is 0 Å². The van der Waals surface area contributed by atoms with Gasteiger partial charge in [0.25, 0.3) is 5.91 Å². The zero-order valence-corrected chi connectivity index (χ0v) is 12.8. The zero-order valence-electron chi connectivity index (χ0n) is 11.2. The highest BCUT2D eigenvalue weighted by molar-refractivity contribution is 8.00. The van der Waals surface area contributed by atoms with Gasteiger partial charge in [0, 0.05) is 16.5 Å². The molecule has 0 spiro atoms. The van der Waals surface area contributed by atoms with Crippen molar-refractivity contribution in [3.8, 4) is 0 Å². The highest BCUT2D eigenvalue weighted by Gasteiger charge is 2.29. The van der Waals surface area contributed by atoms with Crippen LogP contribution in [0.5, 0.6) is 0 Å². The number of nitrogen functional groups attached to an aromatic ring is 1. The smallest absolute Gasteiger partial charge is 0.368 e. The van der Waals surface area contributed by atoms with Crippen LogP contribution in [0.4, 0.5) is 24.9 Å². The fourth-order valence-corrected chi connectivity index (χ4v) is 2.32. The number of nitrogens with two attached hydrogens (primary N) is 1. The molecule has 0 aliphatic rings. The van der Waals surface area contributed by atoms with E-state index in [1.807, 2.05) is 0 Å². The van der Waals surface area contributed by atoms with Crippen LogP contribution in [0.25, 0.3) is 0 Å². The molecule has 0 saturated heterocycles. The largest absolute Gasteiger partial charge is 0.446 e. The fraction of sp³-hybridized carbons (Fsp3) is 0.0833. The van der Waals surface area contributed by atoms with Gasteiger partial charge in [-0.1, -0.05) is 17.7 Å². The Kier molecular flexibility index (Phi) is 5.16. The minimum absolute atomic E-state index is 0.0416. The van der Waals surface area contributed by atoms with Gasteiger partial charge in [-0.25, -0.2) is 4.98 Å². The maximum atomic E-state index is 12.3. The Labute approximate surface area is 137 Å². The maximum absolute atomic E-state index is 12.3. The molecule has 11 heteroatoms. The van der Waals surface area contributed by atoms with E-state index in [1.54, 1.807) is 0 Å². The van der Waals surface area contributed by atoms with E-state index in [1.165, 1.54) is 24.3 Å². The summed E-state index contributed by atoms with van der Waals surface area (Å²) < 4.78 is 37.0. The van der Waals surface area contributed by atoms with Gasteiger partial charge >= 0.3 is 5.51 Å². The standard InChI is InChI=1S/C12H9ClF3N5OS/c13-8-5-9(19-11(17)18-8)20-21-10(22)6-2-1-3-7(4-6)23-12(14,15)16/h1-5H,(H,21,22)(H3,17,18,19,20). The molecule has 23 heavy (non-hydrogen) atoms. The van der Waals surface area contributed by atoms with Crippen LogP contribution in [0.3, 0.4) is 0 Å². The van der Waals surface area contributed by atoms with Crippen LogP contribution in [0.2, 0.25) is 5.15 Å². The van der Waals surface area contributed by atoms with Crippen LogP contribution in [0, 0.1) is 0 Å². The van der Waals surface area contributed by atoms with Crippen molar-refractivity contribution in [2.24, 2.45) is 0 Å². The number of thioether (sulfide) groups is 1. The third kappa shape index (κ3) is 5.49. The molecule has 1 aromatic heterocycles. The molecule has 0 radical (unpaired) electrons. The molecule has 0 aliphatic carbocycles. The number of anilines is 2. The van der Waals surface area contributed by atoms with Gasteiger partial charge in [-0.2, -0.15) is 18.2 Å². The molecular formula is C12H9ClF3N5OS. The molecule has 1 amide bonds.